The molecule has 12 heavy (non-hydrogen) atoms. The van der Waals surface area contributed by atoms with Crippen molar-refractivity contribution in [1.82, 2.24) is 4.90 Å². The van der Waals surface area contributed by atoms with E-state index < -0.39 is 0 Å². The van der Waals surface area contributed by atoms with Gasteiger partial charge in [0, 0.05) is 6.54 Å². The summed E-state index contributed by atoms with van der Waals surface area (Å²) in [7, 11) is 2.08. The molecule has 0 saturated heterocycles. The molecule has 0 aliphatic carbocycles. The molecule has 2 heteroatoms. The average Bonchev–Trinajstić information content (AvgIpc) is 2.53. The van der Waals surface area contributed by atoms with Gasteiger partial charge in [-0.3, -0.25) is 4.90 Å². The normalized spacial score (nSPS) is 10.5. The summed E-state index contributed by atoms with van der Waals surface area (Å²) in [6.45, 7) is 5.59. The summed E-state index contributed by atoms with van der Waals surface area (Å²) in [6, 6.07) is 3.90. The first-order valence-corrected chi connectivity index (χ1v) is 4.14. The van der Waals surface area contributed by atoms with Crippen molar-refractivity contribution >= 4 is 0 Å². The van der Waals surface area contributed by atoms with Crippen molar-refractivity contribution in [3.63, 3.8) is 0 Å². The number of rotatable bonds is 5. The van der Waals surface area contributed by atoms with Crippen molar-refractivity contribution < 1.29 is 4.42 Å². The summed E-state index contributed by atoms with van der Waals surface area (Å²) in [5.74, 6) is 1.02. The highest BCUT2D eigenvalue weighted by Crippen LogP contribution is 2.03. The summed E-state index contributed by atoms with van der Waals surface area (Å²) >= 11 is 0. The van der Waals surface area contributed by atoms with Crippen LogP contribution in [0.1, 0.15) is 12.2 Å². The molecule has 66 valence electrons. The average molecular weight is 165 g/mol. The summed E-state index contributed by atoms with van der Waals surface area (Å²) in [5, 5.41) is 0. The monoisotopic (exact) mass is 165 g/mol. The molecular formula is C10H15NO. The summed E-state index contributed by atoms with van der Waals surface area (Å²) in [4.78, 5) is 2.21. The quantitative estimate of drug-likeness (QED) is 0.622. The highest BCUT2D eigenvalue weighted by Gasteiger charge is 1.99. The van der Waals surface area contributed by atoms with Gasteiger partial charge in [-0.25, -0.2) is 0 Å². The second-order valence-electron chi connectivity index (χ2n) is 2.89. The Kier molecular flexibility index (Phi) is 3.61. The van der Waals surface area contributed by atoms with Crippen molar-refractivity contribution in [3.8, 4) is 0 Å². The zero-order chi connectivity index (χ0) is 8.81. The maximum Gasteiger partial charge on any atom is 0.117 e. The first-order valence-electron chi connectivity index (χ1n) is 4.14. The molecule has 1 heterocycles. The van der Waals surface area contributed by atoms with Crippen LogP contribution in [0.15, 0.2) is 35.5 Å². The molecule has 1 rings (SSSR count). The van der Waals surface area contributed by atoms with Crippen LogP contribution < -0.4 is 0 Å². The minimum Gasteiger partial charge on any atom is -0.468 e. The lowest BCUT2D eigenvalue weighted by Gasteiger charge is -2.12. The van der Waals surface area contributed by atoms with E-state index in [0.717, 1.165) is 25.3 Å². The maximum absolute atomic E-state index is 5.22. The molecular weight excluding hydrogens is 150 g/mol. The van der Waals surface area contributed by atoms with Crippen LogP contribution in [-0.2, 0) is 6.54 Å². The lowest BCUT2D eigenvalue weighted by molar-refractivity contribution is 0.300. The topological polar surface area (TPSA) is 16.4 Å². The third-order valence-electron chi connectivity index (χ3n) is 1.72. The van der Waals surface area contributed by atoms with Gasteiger partial charge in [-0.05, 0) is 25.6 Å². The van der Waals surface area contributed by atoms with E-state index in [1.165, 1.54) is 0 Å². The molecule has 0 atom stereocenters. The SMILES string of the molecule is C=CCCN(C)Cc1ccco1. The lowest BCUT2D eigenvalue weighted by atomic mass is 10.3. The Morgan fingerprint density at radius 1 is 1.67 bits per heavy atom. The molecule has 0 aliphatic rings. The van der Waals surface area contributed by atoms with Crippen molar-refractivity contribution in [2.75, 3.05) is 13.6 Å². The molecule has 0 fully saturated rings. The number of furan rings is 1. The Labute approximate surface area is 73.5 Å². The molecule has 0 spiro atoms. The largest absolute Gasteiger partial charge is 0.468 e. The van der Waals surface area contributed by atoms with Crippen LogP contribution in [0, 0.1) is 0 Å². The Hall–Kier alpha value is -1.02. The Bertz CT molecular complexity index is 216. The van der Waals surface area contributed by atoms with Gasteiger partial charge in [0.25, 0.3) is 0 Å². The fourth-order valence-electron chi connectivity index (χ4n) is 1.06. The standard InChI is InChI=1S/C10H15NO/c1-3-4-7-11(2)9-10-6-5-8-12-10/h3,5-6,8H,1,4,7,9H2,2H3. The predicted molar refractivity (Wildman–Crippen MR) is 49.9 cm³/mol. The molecule has 0 unspecified atom stereocenters. The first-order chi connectivity index (χ1) is 5.83. The fourth-order valence-corrected chi connectivity index (χ4v) is 1.06. The fraction of sp³-hybridized carbons (Fsp3) is 0.400. The smallest absolute Gasteiger partial charge is 0.117 e. The highest BCUT2D eigenvalue weighted by atomic mass is 16.3. The third-order valence-corrected chi connectivity index (χ3v) is 1.72. The van der Waals surface area contributed by atoms with Gasteiger partial charge >= 0.3 is 0 Å². The summed E-state index contributed by atoms with van der Waals surface area (Å²) in [6.07, 6.45) is 4.66. The van der Waals surface area contributed by atoms with Crippen molar-refractivity contribution in [2.24, 2.45) is 0 Å². The third kappa shape index (κ3) is 2.93. The number of hydrogen-bond acceptors (Lipinski definition) is 2. The number of nitrogens with zero attached hydrogens (tertiary/aromatic N) is 1. The van der Waals surface area contributed by atoms with Crippen LogP contribution in [0.5, 0.6) is 0 Å². The van der Waals surface area contributed by atoms with Gasteiger partial charge in [-0.1, -0.05) is 6.08 Å². The van der Waals surface area contributed by atoms with E-state index in [0.29, 0.717) is 0 Å². The lowest BCUT2D eigenvalue weighted by Crippen LogP contribution is -2.18. The van der Waals surface area contributed by atoms with Crippen LogP contribution in [0.25, 0.3) is 0 Å². The van der Waals surface area contributed by atoms with E-state index in [2.05, 4.69) is 18.5 Å². The van der Waals surface area contributed by atoms with Crippen LogP contribution >= 0.6 is 0 Å². The van der Waals surface area contributed by atoms with E-state index in [4.69, 9.17) is 4.42 Å². The molecule has 0 bridgehead atoms. The molecule has 0 aliphatic heterocycles. The molecule has 0 saturated carbocycles. The predicted octanol–water partition coefficient (Wildman–Crippen LogP) is 2.29. The molecule has 1 aromatic heterocycles. The van der Waals surface area contributed by atoms with Crippen molar-refractivity contribution in [2.45, 2.75) is 13.0 Å². The summed E-state index contributed by atoms with van der Waals surface area (Å²) in [5.41, 5.74) is 0. The molecule has 0 amide bonds. The highest BCUT2D eigenvalue weighted by molar-refractivity contribution is 4.97. The van der Waals surface area contributed by atoms with Crippen LogP contribution in [0.4, 0.5) is 0 Å². The van der Waals surface area contributed by atoms with Gasteiger partial charge in [0.2, 0.25) is 0 Å². The summed E-state index contributed by atoms with van der Waals surface area (Å²) < 4.78 is 5.22. The van der Waals surface area contributed by atoms with Crippen LogP contribution in [0.2, 0.25) is 0 Å². The van der Waals surface area contributed by atoms with Crippen molar-refractivity contribution in [1.29, 1.82) is 0 Å². The van der Waals surface area contributed by atoms with E-state index in [1.807, 2.05) is 18.2 Å². The minimum absolute atomic E-state index is 0.876. The minimum atomic E-state index is 0.876. The second kappa shape index (κ2) is 4.78. The van der Waals surface area contributed by atoms with Gasteiger partial charge in [0.1, 0.15) is 5.76 Å². The van der Waals surface area contributed by atoms with Crippen molar-refractivity contribution in [3.05, 3.63) is 36.8 Å². The molecule has 0 N–H and O–H groups in total. The van der Waals surface area contributed by atoms with E-state index in [-0.39, 0.29) is 0 Å². The zero-order valence-electron chi connectivity index (χ0n) is 7.49. The zero-order valence-corrected chi connectivity index (χ0v) is 7.49. The first kappa shape index (κ1) is 9.07. The maximum atomic E-state index is 5.22. The van der Waals surface area contributed by atoms with Gasteiger partial charge in [0.15, 0.2) is 0 Å². The van der Waals surface area contributed by atoms with Gasteiger partial charge in [-0.2, -0.15) is 0 Å². The van der Waals surface area contributed by atoms with Gasteiger partial charge < -0.3 is 4.42 Å². The second-order valence-corrected chi connectivity index (χ2v) is 2.89. The molecule has 1 aromatic rings. The number of hydrogen-bond donors (Lipinski definition) is 0. The molecule has 0 aromatic carbocycles. The van der Waals surface area contributed by atoms with Crippen LogP contribution in [-0.4, -0.2) is 18.5 Å². The Balaban J connectivity index is 2.26. The Morgan fingerprint density at radius 2 is 2.50 bits per heavy atom. The van der Waals surface area contributed by atoms with Crippen LogP contribution in [0.3, 0.4) is 0 Å². The molecule has 0 radical (unpaired) electrons. The Morgan fingerprint density at radius 3 is 3.08 bits per heavy atom. The van der Waals surface area contributed by atoms with E-state index >= 15 is 0 Å². The molecule has 2 nitrogen and oxygen atoms in total. The van der Waals surface area contributed by atoms with E-state index in [9.17, 15) is 0 Å². The van der Waals surface area contributed by atoms with E-state index in [1.54, 1.807) is 6.26 Å². The van der Waals surface area contributed by atoms with Gasteiger partial charge in [-0.15, -0.1) is 6.58 Å². The van der Waals surface area contributed by atoms with Gasteiger partial charge in [0.05, 0.1) is 12.8 Å².